The largest absolute Gasteiger partial charge is 0.495 e. The normalized spacial score (nSPS) is 23.2. The van der Waals surface area contributed by atoms with Gasteiger partial charge in [-0.25, -0.2) is 4.98 Å². The van der Waals surface area contributed by atoms with Crippen LogP contribution in [0.2, 0.25) is 0 Å². The van der Waals surface area contributed by atoms with Crippen molar-refractivity contribution in [3.63, 3.8) is 0 Å². The van der Waals surface area contributed by atoms with Gasteiger partial charge < -0.3 is 24.4 Å². The van der Waals surface area contributed by atoms with Crippen LogP contribution in [0.1, 0.15) is 35.7 Å². The van der Waals surface area contributed by atoms with Crippen LogP contribution in [0.4, 0.5) is 13.2 Å². The van der Waals surface area contributed by atoms with Crippen LogP contribution < -0.4 is 10.1 Å². The lowest BCUT2D eigenvalue weighted by Crippen LogP contribution is -2.64. The number of imidazole rings is 1. The summed E-state index contributed by atoms with van der Waals surface area (Å²) in [7, 11) is 1.64. The molecule has 7 nitrogen and oxygen atoms in total. The summed E-state index contributed by atoms with van der Waals surface area (Å²) in [6.45, 7) is 6.18. The Labute approximate surface area is 218 Å². The lowest BCUT2D eigenvalue weighted by atomic mass is 9.72. The number of benzene rings is 2. The highest BCUT2D eigenvalue weighted by Crippen LogP contribution is 2.47. The molecule has 0 saturated carbocycles. The minimum atomic E-state index is -4.40. The molecule has 3 aliphatic rings. The Morgan fingerprint density at radius 2 is 1.89 bits per heavy atom. The number of aromatic nitrogens is 2. The number of hydrogen-bond acceptors (Lipinski definition) is 6. The second-order valence-electron chi connectivity index (χ2n) is 10.5. The molecule has 2 aromatic carbocycles. The third-order valence-corrected chi connectivity index (χ3v) is 7.71. The topological polar surface area (TPSA) is 63.9 Å². The van der Waals surface area contributed by atoms with Gasteiger partial charge in [0.15, 0.2) is 5.84 Å². The number of hydrogen-bond donors (Lipinski definition) is 1. The van der Waals surface area contributed by atoms with Gasteiger partial charge in [0.25, 0.3) is 0 Å². The average Bonchev–Trinajstić information content (AvgIpc) is 3.46. The number of ether oxygens (including phenoxy) is 1. The molecule has 1 aromatic heterocycles. The smallest absolute Gasteiger partial charge is 0.416 e. The van der Waals surface area contributed by atoms with Gasteiger partial charge in [0.05, 0.1) is 30.4 Å². The molecule has 38 heavy (non-hydrogen) atoms. The van der Waals surface area contributed by atoms with Crippen LogP contribution in [0.5, 0.6) is 5.75 Å². The van der Waals surface area contributed by atoms with E-state index >= 15 is 0 Å². The molecule has 1 spiro atoms. The zero-order valence-electron chi connectivity index (χ0n) is 21.3. The van der Waals surface area contributed by atoms with Gasteiger partial charge >= 0.3 is 6.18 Å². The minimum Gasteiger partial charge on any atom is -0.495 e. The third-order valence-electron chi connectivity index (χ3n) is 7.71. The van der Waals surface area contributed by atoms with Crippen molar-refractivity contribution in [2.75, 3.05) is 26.7 Å². The Morgan fingerprint density at radius 3 is 2.50 bits per heavy atom. The molecular weight excluding hydrogens is 495 g/mol. The maximum absolute atomic E-state index is 13.2. The summed E-state index contributed by atoms with van der Waals surface area (Å²) in [5.74, 6) is 1.42. The molecule has 1 N–H and O–H groups in total. The van der Waals surface area contributed by atoms with Crippen LogP contribution in [0.25, 0.3) is 11.8 Å². The van der Waals surface area contributed by atoms with Gasteiger partial charge in [-0.2, -0.15) is 13.2 Å². The Balaban J connectivity index is 1.35. The molecule has 0 aliphatic carbocycles. The first-order valence-electron chi connectivity index (χ1n) is 12.4. The monoisotopic (exact) mass is 523 g/mol. The summed E-state index contributed by atoms with van der Waals surface area (Å²) in [6, 6.07) is 11.1. The number of nitrogens with one attached hydrogen (secondary N) is 1. The van der Waals surface area contributed by atoms with E-state index in [1.807, 2.05) is 42.8 Å². The number of halogens is 3. The van der Waals surface area contributed by atoms with Crippen molar-refractivity contribution in [2.24, 2.45) is 10.6 Å². The van der Waals surface area contributed by atoms with Gasteiger partial charge in [0, 0.05) is 43.7 Å². The second kappa shape index (κ2) is 8.62. The minimum absolute atomic E-state index is 0.00983. The highest BCUT2D eigenvalue weighted by atomic mass is 19.4. The lowest BCUT2D eigenvalue weighted by Gasteiger charge is -2.52. The molecule has 10 heteroatoms. The summed E-state index contributed by atoms with van der Waals surface area (Å²) in [5.41, 5.74) is 2.67. The SMILES string of the molecule is COc1cc(/C=C2\CC3(CNC3)CN3C2=NOC3(C)c2ccc(C(F)(F)F)cc2)ccc1-n1cnc(C)c1. The Hall–Kier alpha value is -3.79. The van der Waals surface area contributed by atoms with E-state index in [0.29, 0.717) is 23.7 Å². The molecule has 4 heterocycles. The number of methoxy groups -OCH3 is 1. The molecule has 2 saturated heterocycles. The maximum Gasteiger partial charge on any atom is 0.416 e. The lowest BCUT2D eigenvalue weighted by molar-refractivity contribution is -0.137. The predicted octanol–water partition coefficient (Wildman–Crippen LogP) is 5.10. The van der Waals surface area contributed by atoms with Crippen molar-refractivity contribution >= 4 is 11.9 Å². The summed E-state index contributed by atoms with van der Waals surface area (Å²) in [6.07, 6.45) is 2.21. The van der Waals surface area contributed by atoms with E-state index in [1.54, 1.807) is 13.4 Å². The molecule has 0 amide bonds. The molecule has 0 bridgehead atoms. The van der Waals surface area contributed by atoms with Crippen LogP contribution in [0.3, 0.4) is 0 Å². The van der Waals surface area contributed by atoms with Crippen molar-refractivity contribution in [3.05, 3.63) is 82.9 Å². The molecule has 0 radical (unpaired) electrons. The first-order valence-corrected chi connectivity index (χ1v) is 12.4. The Morgan fingerprint density at radius 1 is 1.13 bits per heavy atom. The quantitative estimate of drug-likeness (QED) is 0.516. The van der Waals surface area contributed by atoms with E-state index in [4.69, 9.17) is 9.57 Å². The van der Waals surface area contributed by atoms with E-state index in [9.17, 15) is 13.2 Å². The molecule has 3 aliphatic heterocycles. The highest BCUT2D eigenvalue weighted by molar-refractivity contribution is 6.04. The number of rotatable bonds is 4. The van der Waals surface area contributed by atoms with Gasteiger partial charge in [0.1, 0.15) is 5.75 Å². The molecule has 1 atom stereocenters. The fraction of sp³-hybridized carbons (Fsp3) is 0.357. The fourth-order valence-electron chi connectivity index (χ4n) is 5.52. The van der Waals surface area contributed by atoms with Gasteiger partial charge in [-0.15, -0.1) is 0 Å². The molecule has 1 unspecified atom stereocenters. The summed E-state index contributed by atoms with van der Waals surface area (Å²) in [4.78, 5) is 12.4. The van der Waals surface area contributed by atoms with Crippen molar-refractivity contribution in [2.45, 2.75) is 32.2 Å². The average molecular weight is 524 g/mol. The zero-order valence-corrected chi connectivity index (χ0v) is 21.3. The Bertz CT molecular complexity index is 1440. The fourth-order valence-corrected chi connectivity index (χ4v) is 5.52. The number of nitrogens with zero attached hydrogens (tertiary/aromatic N) is 4. The standard InChI is InChI=1S/C28H28F3N5O2/c1-18-13-35(17-33-18)23-9-4-19(11-24(23)37-3)10-20-12-27(14-32-15-27)16-36-25(20)34-38-26(36,2)21-5-7-22(8-6-21)28(29,30)31/h4-11,13,17,32H,12,14-16H2,1-3H3/b20-10+. The van der Waals surface area contributed by atoms with Crippen molar-refractivity contribution < 1.29 is 22.7 Å². The highest BCUT2D eigenvalue weighted by Gasteiger charge is 2.54. The van der Waals surface area contributed by atoms with Crippen molar-refractivity contribution in [1.29, 1.82) is 0 Å². The summed E-state index contributed by atoms with van der Waals surface area (Å²) < 4.78 is 47.1. The molecule has 3 aromatic rings. The van der Waals surface area contributed by atoms with Crippen LogP contribution in [-0.2, 0) is 16.7 Å². The van der Waals surface area contributed by atoms with E-state index in [0.717, 1.165) is 54.2 Å². The number of fused-ring (bicyclic) bond motifs is 1. The molecular formula is C28H28F3N5O2. The summed E-state index contributed by atoms with van der Waals surface area (Å²) in [5, 5.41) is 7.84. The molecule has 6 rings (SSSR count). The number of oxime groups is 1. The van der Waals surface area contributed by atoms with E-state index in [1.165, 1.54) is 12.1 Å². The predicted molar refractivity (Wildman–Crippen MR) is 137 cm³/mol. The van der Waals surface area contributed by atoms with Gasteiger partial charge in [-0.05, 0) is 54.8 Å². The molecule has 2 fully saturated rings. The van der Waals surface area contributed by atoms with Crippen molar-refractivity contribution in [3.8, 4) is 11.4 Å². The zero-order chi connectivity index (χ0) is 26.7. The van der Waals surface area contributed by atoms with E-state index in [-0.39, 0.29) is 5.41 Å². The van der Waals surface area contributed by atoms with Crippen LogP contribution in [0, 0.1) is 12.3 Å². The van der Waals surface area contributed by atoms with Gasteiger partial charge in [0.2, 0.25) is 5.72 Å². The number of piperidine rings is 1. The first kappa shape index (κ1) is 24.5. The number of alkyl halides is 3. The number of aryl methyl sites for hydroxylation is 1. The third kappa shape index (κ3) is 4.03. The van der Waals surface area contributed by atoms with E-state index < -0.39 is 17.5 Å². The second-order valence-corrected chi connectivity index (χ2v) is 10.5. The van der Waals surface area contributed by atoms with Gasteiger partial charge in [-0.1, -0.05) is 23.4 Å². The van der Waals surface area contributed by atoms with Crippen LogP contribution >= 0.6 is 0 Å². The summed E-state index contributed by atoms with van der Waals surface area (Å²) >= 11 is 0. The maximum atomic E-state index is 13.2. The first-order chi connectivity index (χ1) is 18.1. The van der Waals surface area contributed by atoms with E-state index in [2.05, 4.69) is 26.4 Å². The van der Waals surface area contributed by atoms with Gasteiger partial charge in [-0.3, -0.25) is 0 Å². The van der Waals surface area contributed by atoms with Crippen molar-refractivity contribution in [1.82, 2.24) is 19.8 Å². The van der Waals surface area contributed by atoms with Crippen LogP contribution in [0.15, 0.2) is 65.7 Å². The van der Waals surface area contributed by atoms with Crippen LogP contribution in [-0.4, -0.2) is 47.0 Å². The molecule has 198 valence electrons. The Kier molecular flexibility index (Phi) is 5.57. The number of amidine groups is 1.